The Morgan fingerprint density at radius 3 is 2.64 bits per heavy atom. The molecule has 0 aliphatic carbocycles. The lowest BCUT2D eigenvalue weighted by Crippen LogP contribution is -2.41. The van der Waals surface area contributed by atoms with Crippen molar-refractivity contribution in [2.45, 2.75) is 37.7 Å². The largest absolute Gasteiger partial charge is 0.467 e. The van der Waals surface area contributed by atoms with E-state index < -0.39 is 10.0 Å². The number of hydrogen-bond acceptors (Lipinski definition) is 5. The van der Waals surface area contributed by atoms with Gasteiger partial charge in [0.15, 0.2) is 0 Å². The second-order valence-electron chi connectivity index (χ2n) is 7.06. The normalized spacial score (nSPS) is 16.5. The molecule has 1 aromatic heterocycles. The molecule has 0 spiro atoms. The predicted octanol–water partition coefficient (Wildman–Crippen LogP) is 4.28. The Morgan fingerprint density at radius 1 is 1.18 bits per heavy atom. The molecule has 1 aliphatic rings. The summed E-state index contributed by atoms with van der Waals surface area (Å²) in [5, 5.41) is 0.427. The lowest BCUT2D eigenvalue weighted by atomic mass is 10.1. The van der Waals surface area contributed by atoms with Crippen molar-refractivity contribution in [3.8, 4) is 5.19 Å². The van der Waals surface area contributed by atoms with Gasteiger partial charge in [0.2, 0.25) is 10.0 Å². The van der Waals surface area contributed by atoms with Crippen LogP contribution < -0.4 is 4.74 Å². The molecule has 0 amide bonds. The molecule has 0 N–H and O–H groups in total. The summed E-state index contributed by atoms with van der Waals surface area (Å²) in [7, 11) is -3.52. The summed E-state index contributed by atoms with van der Waals surface area (Å²) in [4.78, 5) is 4.60. The zero-order valence-corrected chi connectivity index (χ0v) is 17.3. The van der Waals surface area contributed by atoms with E-state index in [1.807, 2.05) is 32.0 Å². The van der Waals surface area contributed by atoms with Gasteiger partial charge in [-0.2, -0.15) is 9.29 Å². The van der Waals surface area contributed by atoms with Gasteiger partial charge in [0.25, 0.3) is 5.19 Å². The lowest BCUT2D eigenvalue weighted by molar-refractivity contribution is 0.135. The molecule has 148 valence electrons. The Balaban J connectivity index is 1.45. The molecule has 0 atom stereocenters. The molecule has 0 saturated carbocycles. The van der Waals surface area contributed by atoms with Crippen molar-refractivity contribution in [2.24, 2.45) is 0 Å². The number of thiazole rings is 1. The Hall–Kier alpha value is -2.03. The highest BCUT2D eigenvalue weighted by Crippen LogP contribution is 2.32. The number of para-hydroxylation sites is 1. The Kier molecular flexibility index (Phi) is 5.11. The first-order valence-electron chi connectivity index (χ1n) is 9.14. The summed E-state index contributed by atoms with van der Waals surface area (Å²) in [6, 6.07) is 10.3. The summed E-state index contributed by atoms with van der Waals surface area (Å²) < 4.78 is 48.0. The third-order valence-corrected chi connectivity index (χ3v) is 7.93. The van der Waals surface area contributed by atoms with Crippen LogP contribution in [0, 0.1) is 19.7 Å². The number of hydrogen-bond donors (Lipinski definition) is 0. The van der Waals surface area contributed by atoms with Gasteiger partial charge in [-0.15, -0.1) is 0 Å². The highest BCUT2D eigenvalue weighted by Gasteiger charge is 2.31. The van der Waals surface area contributed by atoms with Gasteiger partial charge in [0.1, 0.15) is 17.4 Å². The number of rotatable bonds is 4. The molecule has 2 heterocycles. The van der Waals surface area contributed by atoms with Crippen molar-refractivity contribution in [2.75, 3.05) is 13.1 Å². The maximum absolute atomic E-state index is 13.8. The number of sulfonamides is 1. The Morgan fingerprint density at radius 2 is 1.93 bits per heavy atom. The van der Waals surface area contributed by atoms with Crippen molar-refractivity contribution in [1.82, 2.24) is 9.29 Å². The summed E-state index contributed by atoms with van der Waals surface area (Å²) in [6.07, 6.45) is 1.01. The van der Waals surface area contributed by atoms with Crippen molar-refractivity contribution < 1.29 is 17.5 Å². The molecule has 1 fully saturated rings. The van der Waals surface area contributed by atoms with Crippen LogP contribution in [-0.2, 0) is 10.0 Å². The SMILES string of the molecule is Cc1ccc(C)c(S(=O)(=O)N2CCC(Oc3nc4c(F)cccc4s3)CC2)c1. The van der Waals surface area contributed by atoms with Gasteiger partial charge in [-0.1, -0.05) is 29.5 Å². The van der Waals surface area contributed by atoms with E-state index in [0.717, 1.165) is 15.8 Å². The number of aryl methyl sites for hydroxylation is 2. The number of benzene rings is 2. The first-order valence-corrected chi connectivity index (χ1v) is 11.4. The maximum atomic E-state index is 13.8. The van der Waals surface area contributed by atoms with Gasteiger partial charge in [-0.05, 0) is 56.0 Å². The van der Waals surface area contributed by atoms with Crippen LogP contribution in [0.1, 0.15) is 24.0 Å². The number of piperidine rings is 1. The minimum absolute atomic E-state index is 0.131. The quantitative estimate of drug-likeness (QED) is 0.632. The van der Waals surface area contributed by atoms with Crippen LogP contribution in [-0.4, -0.2) is 36.9 Å². The smallest absolute Gasteiger partial charge is 0.274 e. The zero-order valence-electron chi connectivity index (χ0n) is 15.7. The molecule has 8 heteroatoms. The van der Waals surface area contributed by atoms with Crippen LogP contribution in [0.4, 0.5) is 4.39 Å². The van der Waals surface area contributed by atoms with Gasteiger partial charge < -0.3 is 4.74 Å². The van der Waals surface area contributed by atoms with Crippen LogP contribution >= 0.6 is 11.3 Å². The summed E-state index contributed by atoms with van der Waals surface area (Å²) in [5.74, 6) is -0.363. The highest BCUT2D eigenvalue weighted by molar-refractivity contribution is 7.89. The van der Waals surface area contributed by atoms with Crippen LogP contribution in [0.25, 0.3) is 10.2 Å². The standard InChI is InChI=1S/C20H21FN2O3S2/c1-13-6-7-14(2)18(12-13)28(24,25)23-10-8-15(9-11-23)26-20-22-19-16(21)4-3-5-17(19)27-20/h3-7,12,15H,8-11H2,1-2H3. The summed E-state index contributed by atoms with van der Waals surface area (Å²) in [6.45, 7) is 4.48. The number of aromatic nitrogens is 1. The molecule has 0 unspecified atom stereocenters. The lowest BCUT2D eigenvalue weighted by Gasteiger charge is -2.31. The highest BCUT2D eigenvalue weighted by atomic mass is 32.2. The van der Waals surface area contributed by atoms with Crippen LogP contribution in [0.2, 0.25) is 0 Å². The van der Waals surface area contributed by atoms with Crippen LogP contribution in [0.3, 0.4) is 0 Å². The molecule has 28 heavy (non-hydrogen) atoms. The van der Waals surface area contributed by atoms with Gasteiger partial charge in [0, 0.05) is 13.1 Å². The van der Waals surface area contributed by atoms with E-state index in [0.29, 0.717) is 41.5 Å². The van der Waals surface area contributed by atoms with Crippen molar-refractivity contribution in [1.29, 1.82) is 0 Å². The molecule has 1 saturated heterocycles. The van der Waals surface area contributed by atoms with Crippen molar-refractivity contribution in [3.05, 3.63) is 53.3 Å². The first kappa shape index (κ1) is 19.3. The predicted molar refractivity (Wildman–Crippen MR) is 108 cm³/mol. The first-order chi connectivity index (χ1) is 13.3. The second-order valence-corrected chi connectivity index (χ2v) is 9.96. The number of nitrogens with zero attached hydrogens (tertiary/aromatic N) is 2. The van der Waals surface area contributed by atoms with Crippen molar-refractivity contribution >= 4 is 31.6 Å². The minimum Gasteiger partial charge on any atom is -0.467 e. The third-order valence-electron chi connectivity index (χ3n) is 4.98. The Bertz CT molecular complexity index is 1120. The van der Waals surface area contributed by atoms with E-state index in [9.17, 15) is 12.8 Å². The Labute approximate surface area is 167 Å². The minimum atomic E-state index is -3.52. The fourth-order valence-corrected chi connectivity index (χ4v) is 6.08. The molecule has 3 aromatic rings. The van der Waals surface area contributed by atoms with Crippen LogP contribution in [0.15, 0.2) is 41.3 Å². The van der Waals surface area contributed by atoms with E-state index in [2.05, 4.69) is 4.98 Å². The van der Waals surface area contributed by atoms with E-state index in [1.165, 1.54) is 21.7 Å². The van der Waals surface area contributed by atoms with E-state index in [-0.39, 0.29) is 11.9 Å². The molecule has 0 bridgehead atoms. The summed E-state index contributed by atoms with van der Waals surface area (Å²) >= 11 is 1.31. The number of fused-ring (bicyclic) bond motifs is 1. The second kappa shape index (κ2) is 7.42. The monoisotopic (exact) mass is 420 g/mol. The van der Waals surface area contributed by atoms with E-state index in [4.69, 9.17) is 4.74 Å². The van der Waals surface area contributed by atoms with Gasteiger partial charge >= 0.3 is 0 Å². The van der Waals surface area contributed by atoms with Crippen LogP contribution in [0.5, 0.6) is 5.19 Å². The molecular formula is C20H21FN2O3S2. The topological polar surface area (TPSA) is 59.5 Å². The van der Waals surface area contributed by atoms with Gasteiger partial charge in [-0.25, -0.2) is 12.8 Å². The number of ether oxygens (including phenoxy) is 1. The molecular weight excluding hydrogens is 399 g/mol. The molecule has 2 aromatic carbocycles. The average Bonchev–Trinajstić information content (AvgIpc) is 3.08. The fraction of sp³-hybridized carbons (Fsp3) is 0.350. The zero-order chi connectivity index (χ0) is 19.9. The van der Waals surface area contributed by atoms with Gasteiger partial charge in [-0.3, -0.25) is 0 Å². The molecule has 4 rings (SSSR count). The number of halogens is 1. The average molecular weight is 421 g/mol. The molecule has 0 radical (unpaired) electrons. The van der Waals surface area contributed by atoms with Gasteiger partial charge in [0.05, 0.1) is 9.60 Å². The van der Waals surface area contributed by atoms with E-state index >= 15 is 0 Å². The maximum Gasteiger partial charge on any atom is 0.274 e. The van der Waals surface area contributed by atoms with E-state index in [1.54, 1.807) is 12.1 Å². The fourth-order valence-electron chi connectivity index (χ4n) is 3.40. The molecule has 5 nitrogen and oxygen atoms in total. The van der Waals surface area contributed by atoms with Crippen molar-refractivity contribution in [3.63, 3.8) is 0 Å². The summed E-state index contributed by atoms with van der Waals surface area (Å²) in [5.41, 5.74) is 1.99. The molecule has 1 aliphatic heterocycles. The third kappa shape index (κ3) is 3.64.